The first kappa shape index (κ1) is 16.4. The summed E-state index contributed by atoms with van der Waals surface area (Å²) in [5.41, 5.74) is 7.04. The quantitative estimate of drug-likeness (QED) is 0.820. The van der Waals surface area contributed by atoms with E-state index in [1.165, 1.54) is 32.1 Å². The van der Waals surface area contributed by atoms with Crippen molar-refractivity contribution in [2.75, 3.05) is 6.54 Å². The lowest BCUT2D eigenvalue weighted by Crippen LogP contribution is -2.34. The fourth-order valence-electron chi connectivity index (χ4n) is 3.22. The lowest BCUT2D eigenvalue weighted by atomic mass is 10.1. The zero-order chi connectivity index (χ0) is 15.2. The van der Waals surface area contributed by atoms with E-state index in [0.717, 1.165) is 18.7 Å². The molecular weight excluding hydrogens is 263 g/mol. The Morgan fingerprint density at radius 1 is 1.24 bits per heavy atom. The van der Waals surface area contributed by atoms with Gasteiger partial charge >= 0.3 is 0 Å². The van der Waals surface area contributed by atoms with Crippen molar-refractivity contribution in [3.63, 3.8) is 0 Å². The Hall–Kier alpha value is -0.930. The number of rotatable bonds is 7. The van der Waals surface area contributed by atoms with Crippen LogP contribution in [0, 0.1) is 11.7 Å². The van der Waals surface area contributed by atoms with Crippen molar-refractivity contribution in [1.82, 2.24) is 4.90 Å². The van der Waals surface area contributed by atoms with Crippen LogP contribution >= 0.6 is 0 Å². The van der Waals surface area contributed by atoms with Crippen molar-refractivity contribution in [2.45, 2.75) is 65.1 Å². The Balaban J connectivity index is 2.10. The molecule has 0 aromatic heterocycles. The molecule has 1 aromatic rings. The van der Waals surface area contributed by atoms with Gasteiger partial charge in [-0.05, 0) is 31.7 Å². The third-order valence-corrected chi connectivity index (χ3v) is 4.59. The Kier molecular flexibility index (Phi) is 6.19. The number of hydrogen-bond acceptors (Lipinski definition) is 2. The number of nitrogens with two attached hydrogens (primary N) is 1. The molecule has 21 heavy (non-hydrogen) atoms. The summed E-state index contributed by atoms with van der Waals surface area (Å²) in [6.07, 6.45) is 6.32. The lowest BCUT2D eigenvalue weighted by molar-refractivity contribution is 0.177. The van der Waals surface area contributed by atoms with Gasteiger partial charge in [-0.3, -0.25) is 4.90 Å². The summed E-state index contributed by atoms with van der Waals surface area (Å²) < 4.78 is 14.4. The smallest absolute Gasteiger partial charge is 0.132 e. The molecule has 0 heterocycles. The highest BCUT2D eigenvalue weighted by molar-refractivity contribution is 5.26. The second kappa shape index (κ2) is 7.90. The molecule has 2 N–H and O–H groups in total. The average Bonchev–Trinajstić information content (AvgIpc) is 2.99. The first-order chi connectivity index (χ1) is 10.1. The van der Waals surface area contributed by atoms with Gasteiger partial charge in [0.05, 0.1) is 0 Å². The molecule has 2 nitrogen and oxygen atoms in total. The van der Waals surface area contributed by atoms with Crippen LogP contribution in [0.3, 0.4) is 0 Å². The van der Waals surface area contributed by atoms with E-state index in [1.807, 2.05) is 12.1 Å². The molecule has 0 saturated heterocycles. The predicted molar refractivity (Wildman–Crippen MR) is 86.4 cm³/mol. The molecule has 118 valence electrons. The van der Waals surface area contributed by atoms with E-state index in [0.29, 0.717) is 17.5 Å². The van der Waals surface area contributed by atoms with Gasteiger partial charge < -0.3 is 5.73 Å². The normalized spacial score (nSPS) is 16.3. The Labute approximate surface area is 128 Å². The van der Waals surface area contributed by atoms with Gasteiger partial charge in [-0.2, -0.15) is 0 Å². The van der Waals surface area contributed by atoms with Crippen molar-refractivity contribution in [3.8, 4) is 0 Å². The van der Waals surface area contributed by atoms with Crippen LogP contribution < -0.4 is 5.73 Å². The fraction of sp³-hybridized carbons (Fsp3) is 0.667. The van der Waals surface area contributed by atoms with Gasteiger partial charge in [0.25, 0.3) is 0 Å². The molecule has 0 atom stereocenters. The Bertz CT molecular complexity index is 439. The molecule has 0 unspecified atom stereocenters. The summed E-state index contributed by atoms with van der Waals surface area (Å²) in [4.78, 5) is 2.49. The molecule has 3 heteroatoms. The maximum Gasteiger partial charge on any atom is 0.132 e. The zero-order valence-corrected chi connectivity index (χ0v) is 13.4. The number of nitrogens with zero attached hydrogens (tertiary/aromatic N) is 1. The van der Waals surface area contributed by atoms with Crippen LogP contribution in [0.15, 0.2) is 18.2 Å². The van der Waals surface area contributed by atoms with Crippen LogP contribution in [-0.4, -0.2) is 17.5 Å². The summed E-state index contributed by atoms with van der Waals surface area (Å²) >= 11 is 0. The van der Waals surface area contributed by atoms with E-state index in [1.54, 1.807) is 6.07 Å². The van der Waals surface area contributed by atoms with E-state index < -0.39 is 0 Å². The SMILES string of the molecule is CC(C)CCN(Cc1cccc(CN)c1F)C1CCCC1. The molecule has 1 aliphatic rings. The fourth-order valence-corrected chi connectivity index (χ4v) is 3.22. The highest BCUT2D eigenvalue weighted by atomic mass is 19.1. The van der Waals surface area contributed by atoms with Crippen LogP contribution in [0.4, 0.5) is 4.39 Å². The molecule has 0 radical (unpaired) electrons. The van der Waals surface area contributed by atoms with Gasteiger partial charge in [-0.1, -0.05) is 44.9 Å². The third-order valence-electron chi connectivity index (χ3n) is 4.59. The second-order valence-corrected chi connectivity index (χ2v) is 6.69. The third kappa shape index (κ3) is 4.52. The van der Waals surface area contributed by atoms with Gasteiger partial charge in [0.1, 0.15) is 5.82 Å². The molecule has 1 aliphatic carbocycles. The highest BCUT2D eigenvalue weighted by Crippen LogP contribution is 2.26. The number of halogens is 1. The van der Waals surface area contributed by atoms with E-state index in [-0.39, 0.29) is 12.4 Å². The van der Waals surface area contributed by atoms with Crippen LogP contribution in [0.5, 0.6) is 0 Å². The van der Waals surface area contributed by atoms with Gasteiger partial charge in [0.15, 0.2) is 0 Å². The second-order valence-electron chi connectivity index (χ2n) is 6.69. The molecule has 2 rings (SSSR count). The van der Waals surface area contributed by atoms with Crippen LogP contribution in [-0.2, 0) is 13.1 Å². The number of hydrogen-bond donors (Lipinski definition) is 1. The molecule has 1 aromatic carbocycles. The summed E-state index contributed by atoms with van der Waals surface area (Å²) in [7, 11) is 0. The standard InChI is InChI=1S/C18H29FN2/c1-14(2)10-11-21(17-8-3-4-9-17)13-16-7-5-6-15(12-20)18(16)19/h5-7,14,17H,3-4,8-13,20H2,1-2H3. The van der Waals surface area contributed by atoms with E-state index in [9.17, 15) is 4.39 Å². The molecule has 0 aliphatic heterocycles. The maximum atomic E-state index is 14.4. The first-order valence-electron chi connectivity index (χ1n) is 8.32. The largest absolute Gasteiger partial charge is 0.326 e. The van der Waals surface area contributed by atoms with Crippen LogP contribution in [0.1, 0.15) is 57.1 Å². The van der Waals surface area contributed by atoms with Crippen molar-refractivity contribution in [1.29, 1.82) is 0 Å². The molecule has 1 fully saturated rings. The number of benzene rings is 1. The van der Waals surface area contributed by atoms with Gasteiger partial charge in [0.2, 0.25) is 0 Å². The highest BCUT2D eigenvalue weighted by Gasteiger charge is 2.23. The predicted octanol–water partition coefficient (Wildman–Crippen LogP) is 4.08. The van der Waals surface area contributed by atoms with Crippen molar-refractivity contribution < 1.29 is 4.39 Å². The first-order valence-corrected chi connectivity index (χ1v) is 8.32. The van der Waals surface area contributed by atoms with Gasteiger partial charge in [-0.15, -0.1) is 0 Å². The van der Waals surface area contributed by atoms with Gasteiger partial charge in [-0.25, -0.2) is 4.39 Å². The van der Waals surface area contributed by atoms with E-state index in [2.05, 4.69) is 18.7 Å². The monoisotopic (exact) mass is 292 g/mol. The van der Waals surface area contributed by atoms with Crippen LogP contribution in [0.25, 0.3) is 0 Å². The van der Waals surface area contributed by atoms with Crippen molar-refractivity contribution in [2.24, 2.45) is 11.7 Å². The minimum Gasteiger partial charge on any atom is -0.326 e. The average molecular weight is 292 g/mol. The van der Waals surface area contributed by atoms with Crippen molar-refractivity contribution in [3.05, 3.63) is 35.1 Å². The van der Waals surface area contributed by atoms with Crippen LogP contribution in [0.2, 0.25) is 0 Å². The Morgan fingerprint density at radius 3 is 2.52 bits per heavy atom. The summed E-state index contributed by atoms with van der Waals surface area (Å²) in [6.45, 7) is 6.56. The summed E-state index contributed by atoms with van der Waals surface area (Å²) in [5.74, 6) is 0.585. The van der Waals surface area contributed by atoms with E-state index >= 15 is 0 Å². The lowest BCUT2D eigenvalue weighted by Gasteiger charge is -2.30. The maximum absolute atomic E-state index is 14.4. The summed E-state index contributed by atoms with van der Waals surface area (Å²) in [6, 6.07) is 6.25. The minimum absolute atomic E-state index is 0.104. The van der Waals surface area contributed by atoms with E-state index in [4.69, 9.17) is 5.73 Å². The molecule has 0 amide bonds. The molecule has 1 saturated carbocycles. The molecule has 0 bridgehead atoms. The van der Waals surface area contributed by atoms with Gasteiger partial charge in [0, 0.05) is 30.3 Å². The Morgan fingerprint density at radius 2 is 1.90 bits per heavy atom. The summed E-state index contributed by atoms with van der Waals surface area (Å²) in [5, 5.41) is 0. The topological polar surface area (TPSA) is 29.3 Å². The zero-order valence-electron chi connectivity index (χ0n) is 13.4. The minimum atomic E-state index is -0.104. The molecular formula is C18H29FN2. The van der Waals surface area contributed by atoms with Crippen molar-refractivity contribution >= 4 is 0 Å². The molecule has 0 spiro atoms.